The molecule has 1 aromatic carbocycles. The van der Waals surface area contributed by atoms with Gasteiger partial charge in [-0.3, -0.25) is 4.72 Å². The maximum absolute atomic E-state index is 11.6. The second-order valence-corrected chi connectivity index (χ2v) is 8.98. The first-order chi connectivity index (χ1) is 9.87. The van der Waals surface area contributed by atoms with Crippen LogP contribution in [0.4, 0.5) is 10.5 Å². The fourth-order valence-electron chi connectivity index (χ4n) is 1.50. The molecule has 0 aliphatic carbocycles. The molecule has 0 aliphatic heterocycles. The summed E-state index contributed by atoms with van der Waals surface area (Å²) < 4.78 is 30.7. The number of halogens is 2. The van der Waals surface area contributed by atoms with Crippen molar-refractivity contribution in [2.45, 2.75) is 32.9 Å². The van der Waals surface area contributed by atoms with Crippen LogP contribution in [-0.4, -0.2) is 26.4 Å². The Kier molecular flexibility index (Phi) is 6.34. The third kappa shape index (κ3) is 7.01. The third-order valence-electron chi connectivity index (χ3n) is 2.23. The molecule has 1 rings (SSSR count). The molecule has 0 atom stereocenters. The second kappa shape index (κ2) is 7.22. The lowest BCUT2D eigenvalue weighted by Gasteiger charge is -2.20. The smallest absolute Gasteiger partial charge is 0.407 e. The molecule has 1 aromatic rings. The molecule has 2 N–H and O–H groups in total. The molecule has 1 amide bonds. The maximum Gasteiger partial charge on any atom is 0.407 e. The number of carbonyl (C=O) groups is 1. The van der Waals surface area contributed by atoms with E-state index in [-0.39, 0.29) is 11.6 Å². The van der Waals surface area contributed by atoms with Crippen LogP contribution in [0.3, 0.4) is 0 Å². The molecule has 0 fully saturated rings. The first-order valence-electron chi connectivity index (χ1n) is 6.30. The van der Waals surface area contributed by atoms with Gasteiger partial charge in [-0.15, -0.1) is 0 Å². The van der Waals surface area contributed by atoms with Crippen LogP contribution in [0.2, 0.25) is 5.02 Å². The highest BCUT2D eigenvalue weighted by Gasteiger charge is 2.16. The largest absolute Gasteiger partial charge is 0.444 e. The summed E-state index contributed by atoms with van der Waals surface area (Å²) in [5, 5.41) is 2.88. The van der Waals surface area contributed by atoms with E-state index in [1.807, 2.05) is 22.6 Å². The zero-order valence-electron chi connectivity index (χ0n) is 12.7. The molecule has 124 valence electrons. The van der Waals surface area contributed by atoms with E-state index in [2.05, 4.69) is 10.0 Å². The fraction of sp³-hybridized carbons (Fsp3) is 0.462. The van der Waals surface area contributed by atoms with E-state index < -0.39 is 21.7 Å². The molecule has 0 saturated heterocycles. The van der Waals surface area contributed by atoms with Gasteiger partial charge in [0.05, 0.1) is 17.0 Å². The molecule has 0 spiro atoms. The van der Waals surface area contributed by atoms with Crippen LogP contribution < -0.4 is 10.0 Å². The number of rotatable bonds is 4. The Morgan fingerprint density at radius 2 is 1.95 bits per heavy atom. The minimum atomic E-state index is -3.41. The number of sulfonamides is 1. The summed E-state index contributed by atoms with van der Waals surface area (Å²) in [6, 6.07) is 3.33. The lowest BCUT2D eigenvalue weighted by atomic mass is 10.2. The van der Waals surface area contributed by atoms with Crippen LogP contribution in [-0.2, 0) is 21.3 Å². The van der Waals surface area contributed by atoms with E-state index in [1.165, 1.54) is 0 Å². The molecule has 22 heavy (non-hydrogen) atoms. The maximum atomic E-state index is 11.6. The van der Waals surface area contributed by atoms with Gasteiger partial charge in [0.15, 0.2) is 0 Å². The van der Waals surface area contributed by atoms with Gasteiger partial charge in [-0.25, -0.2) is 13.2 Å². The highest BCUT2D eigenvalue weighted by atomic mass is 127. The van der Waals surface area contributed by atoms with Crippen molar-refractivity contribution in [3.05, 3.63) is 26.3 Å². The predicted octanol–water partition coefficient (Wildman–Crippen LogP) is 3.34. The normalized spacial score (nSPS) is 11.9. The van der Waals surface area contributed by atoms with E-state index in [9.17, 15) is 13.2 Å². The Bertz CT molecular complexity index is 648. The molecule has 0 aliphatic rings. The van der Waals surface area contributed by atoms with Crippen LogP contribution in [0.15, 0.2) is 12.1 Å². The zero-order chi connectivity index (χ0) is 17.1. The van der Waals surface area contributed by atoms with Gasteiger partial charge in [-0.1, -0.05) is 11.6 Å². The summed E-state index contributed by atoms with van der Waals surface area (Å²) in [6.07, 6.45) is 0.522. The lowest BCUT2D eigenvalue weighted by molar-refractivity contribution is 0.0523. The average Bonchev–Trinajstić information content (AvgIpc) is 2.28. The molecule has 0 radical (unpaired) electrons. The predicted molar refractivity (Wildman–Crippen MR) is 95.7 cm³/mol. The number of alkyl carbamates (subject to hydrolysis) is 1. The monoisotopic (exact) mass is 460 g/mol. The Morgan fingerprint density at radius 3 is 2.41 bits per heavy atom. The molecular formula is C13H18ClIN2O4S. The number of benzene rings is 1. The summed E-state index contributed by atoms with van der Waals surface area (Å²) >= 11 is 8.06. The highest BCUT2D eigenvalue weighted by molar-refractivity contribution is 14.1. The van der Waals surface area contributed by atoms with Crippen molar-refractivity contribution in [2.24, 2.45) is 0 Å². The first-order valence-corrected chi connectivity index (χ1v) is 9.65. The number of nitrogens with one attached hydrogen (secondary N) is 2. The van der Waals surface area contributed by atoms with Crippen molar-refractivity contribution in [3.8, 4) is 0 Å². The van der Waals surface area contributed by atoms with E-state index >= 15 is 0 Å². The van der Waals surface area contributed by atoms with Crippen molar-refractivity contribution in [3.63, 3.8) is 0 Å². The van der Waals surface area contributed by atoms with Gasteiger partial charge >= 0.3 is 6.09 Å². The Morgan fingerprint density at radius 1 is 1.36 bits per heavy atom. The molecule has 0 aromatic heterocycles. The Labute approximate surface area is 149 Å². The number of anilines is 1. The quantitative estimate of drug-likeness (QED) is 0.675. The van der Waals surface area contributed by atoms with Gasteiger partial charge in [-0.2, -0.15) is 0 Å². The summed E-state index contributed by atoms with van der Waals surface area (Å²) in [5.41, 5.74) is 0.490. The van der Waals surface area contributed by atoms with Crippen LogP contribution >= 0.6 is 34.2 Å². The minimum Gasteiger partial charge on any atom is -0.444 e. The fourth-order valence-corrected chi connectivity index (χ4v) is 3.60. The molecule has 0 unspecified atom stereocenters. The van der Waals surface area contributed by atoms with E-state index in [0.717, 1.165) is 11.8 Å². The van der Waals surface area contributed by atoms with Gasteiger partial charge < -0.3 is 10.1 Å². The lowest BCUT2D eigenvalue weighted by Crippen LogP contribution is -2.32. The molecule has 0 bridgehead atoms. The van der Waals surface area contributed by atoms with Crippen molar-refractivity contribution in [2.75, 3.05) is 11.0 Å². The topological polar surface area (TPSA) is 84.5 Å². The van der Waals surface area contributed by atoms with Gasteiger partial charge in [0.1, 0.15) is 5.60 Å². The second-order valence-electron chi connectivity index (χ2n) is 5.66. The summed E-state index contributed by atoms with van der Waals surface area (Å²) in [6.45, 7) is 5.55. The van der Waals surface area contributed by atoms with Gasteiger partial charge in [0.2, 0.25) is 10.0 Å². The number of hydrogen-bond donors (Lipinski definition) is 2. The third-order valence-corrected chi connectivity index (χ3v) is 3.95. The Hall–Kier alpha value is -0.740. The number of hydrogen-bond acceptors (Lipinski definition) is 4. The van der Waals surface area contributed by atoms with Crippen LogP contribution in [0.25, 0.3) is 0 Å². The average molecular weight is 461 g/mol. The molecule has 6 nitrogen and oxygen atoms in total. The number of ether oxygens (including phenoxy) is 1. The van der Waals surface area contributed by atoms with Crippen molar-refractivity contribution < 1.29 is 17.9 Å². The standard InChI is InChI=1S/C13H18ClIN2O4S/c1-13(2,3)21-12(18)16-7-8-5-9(14)11(10(15)6-8)17-22(4,19)20/h5-6,17H,7H2,1-4H3,(H,16,18). The molecule has 0 saturated carbocycles. The summed E-state index contributed by atoms with van der Waals surface area (Å²) in [5.74, 6) is 0. The summed E-state index contributed by atoms with van der Waals surface area (Å²) in [4.78, 5) is 11.6. The van der Waals surface area contributed by atoms with Crippen molar-refractivity contribution in [1.29, 1.82) is 0 Å². The van der Waals surface area contributed by atoms with Crippen LogP contribution in [0.5, 0.6) is 0 Å². The van der Waals surface area contributed by atoms with E-state index in [4.69, 9.17) is 16.3 Å². The van der Waals surface area contributed by atoms with Gasteiger partial charge in [-0.05, 0) is 61.1 Å². The SMILES string of the molecule is CC(C)(C)OC(=O)NCc1cc(Cl)c(NS(C)(=O)=O)c(I)c1. The zero-order valence-corrected chi connectivity index (χ0v) is 16.4. The van der Waals surface area contributed by atoms with Crippen molar-refractivity contribution >= 4 is 56.0 Å². The number of carbonyl (C=O) groups excluding carboxylic acids is 1. The Balaban J connectivity index is 2.81. The molecule has 9 heteroatoms. The van der Waals surface area contributed by atoms with Crippen LogP contribution in [0, 0.1) is 3.57 Å². The van der Waals surface area contributed by atoms with Crippen LogP contribution in [0.1, 0.15) is 26.3 Å². The first kappa shape index (κ1) is 19.3. The molecule has 0 heterocycles. The van der Waals surface area contributed by atoms with Gasteiger partial charge in [0, 0.05) is 10.1 Å². The van der Waals surface area contributed by atoms with Crippen molar-refractivity contribution in [1.82, 2.24) is 5.32 Å². The highest BCUT2D eigenvalue weighted by Crippen LogP contribution is 2.30. The van der Waals surface area contributed by atoms with E-state index in [1.54, 1.807) is 32.9 Å². The number of amides is 1. The molecular weight excluding hydrogens is 443 g/mol. The van der Waals surface area contributed by atoms with E-state index in [0.29, 0.717) is 9.26 Å². The minimum absolute atomic E-state index is 0.226. The summed E-state index contributed by atoms with van der Waals surface area (Å²) in [7, 11) is -3.41. The van der Waals surface area contributed by atoms with Gasteiger partial charge in [0.25, 0.3) is 0 Å².